The Morgan fingerprint density at radius 1 is 1.21 bits per heavy atom. The first kappa shape index (κ1) is 12.4. The molecule has 0 atom stereocenters. The summed E-state index contributed by atoms with van der Waals surface area (Å²) < 4.78 is 0. The average molecular weight is 187 g/mol. The molecule has 0 aromatic rings. The van der Waals surface area contributed by atoms with Gasteiger partial charge in [-0.25, -0.2) is 0 Å². The normalized spacial score (nSPS) is 12.9. The molecule has 14 heavy (non-hydrogen) atoms. The molecular formula is C13H17N. The van der Waals surface area contributed by atoms with Crippen LogP contribution in [0.3, 0.4) is 0 Å². The van der Waals surface area contributed by atoms with Gasteiger partial charge in [0.25, 0.3) is 0 Å². The van der Waals surface area contributed by atoms with Crippen molar-refractivity contribution in [2.75, 3.05) is 0 Å². The highest BCUT2D eigenvalue weighted by Gasteiger charge is 1.95. The van der Waals surface area contributed by atoms with E-state index in [9.17, 15) is 0 Å². The van der Waals surface area contributed by atoms with Gasteiger partial charge >= 0.3 is 0 Å². The highest BCUT2D eigenvalue weighted by atomic mass is 14.7. The lowest BCUT2D eigenvalue weighted by Crippen LogP contribution is -1.82. The third-order valence-corrected chi connectivity index (χ3v) is 1.61. The molecule has 0 aromatic carbocycles. The van der Waals surface area contributed by atoms with E-state index in [0.717, 1.165) is 17.7 Å². The maximum Gasteiger partial charge on any atom is 0.0439 e. The summed E-state index contributed by atoms with van der Waals surface area (Å²) in [5, 5.41) is 0. The van der Waals surface area contributed by atoms with Crippen LogP contribution < -0.4 is 0 Å². The van der Waals surface area contributed by atoms with Crippen molar-refractivity contribution in [3.05, 3.63) is 60.9 Å². The van der Waals surface area contributed by atoms with Crippen molar-refractivity contribution in [2.45, 2.75) is 13.3 Å². The maximum atomic E-state index is 3.91. The van der Waals surface area contributed by atoms with Crippen molar-refractivity contribution in [1.29, 1.82) is 0 Å². The molecule has 0 saturated carbocycles. The molecule has 0 bridgehead atoms. The summed E-state index contributed by atoms with van der Waals surface area (Å²) in [6.45, 7) is 12.8. The number of aliphatic imine (C=N–C) groups is 1. The maximum absolute atomic E-state index is 3.91. The predicted molar refractivity (Wildman–Crippen MR) is 65.5 cm³/mol. The van der Waals surface area contributed by atoms with Crippen LogP contribution >= 0.6 is 0 Å². The topological polar surface area (TPSA) is 12.4 Å². The molecule has 0 saturated heterocycles. The summed E-state index contributed by atoms with van der Waals surface area (Å²) in [5.41, 5.74) is 2.06. The van der Waals surface area contributed by atoms with E-state index < -0.39 is 0 Å². The van der Waals surface area contributed by atoms with Crippen LogP contribution in [0.2, 0.25) is 0 Å². The van der Waals surface area contributed by atoms with Crippen molar-refractivity contribution in [2.24, 2.45) is 4.99 Å². The molecule has 0 unspecified atom stereocenters. The Bertz CT molecular complexity index is 290. The summed E-state index contributed by atoms with van der Waals surface area (Å²) in [4.78, 5) is 3.91. The first-order valence-corrected chi connectivity index (χ1v) is 4.51. The van der Waals surface area contributed by atoms with Crippen LogP contribution in [-0.2, 0) is 0 Å². The fraction of sp³-hybridized carbons (Fsp3) is 0.154. The molecule has 0 amide bonds. The smallest absolute Gasteiger partial charge is 0.0439 e. The molecule has 0 heterocycles. The van der Waals surface area contributed by atoms with E-state index in [1.807, 2.05) is 31.2 Å². The summed E-state index contributed by atoms with van der Waals surface area (Å²) in [6, 6.07) is 0. The molecule has 0 N–H and O–H groups in total. The van der Waals surface area contributed by atoms with E-state index in [0.29, 0.717) is 0 Å². The van der Waals surface area contributed by atoms with Gasteiger partial charge in [0.1, 0.15) is 0 Å². The van der Waals surface area contributed by atoms with Crippen molar-refractivity contribution in [3.8, 4) is 0 Å². The lowest BCUT2D eigenvalue weighted by Gasteiger charge is -2.01. The fourth-order valence-electron chi connectivity index (χ4n) is 1.05. The Balaban J connectivity index is 4.65. The zero-order chi connectivity index (χ0) is 10.8. The van der Waals surface area contributed by atoms with Gasteiger partial charge in [-0.1, -0.05) is 43.5 Å². The monoisotopic (exact) mass is 187 g/mol. The Hall–Kier alpha value is -1.63. The van der Waals surface area contributed by atoms with Gasteiger partial charge in [0, 0.05) is 12.1 Å². The van der Waals surface area contributed by atoms with Crippen LogP contribution in [0.4, 0.5) is 0 Å². The van der Waals surface area contributed by atoms with Crippen LogP contribution in [0.1, 0.15) is 13.3 Å². The highest BCUT2D eigenvalue weighted by molar-refractivity contribution is 5.34. The Morgan fingerprint density at radius 3 is 2.29 bits per heavy atom. The number of hydrogen-bond donors (Lipinski definition) is 0. The van der Waals surface area contributed by atoms with Gasteiger partial charge < -0.3 is 0 Å². The summed E-state index contributed by atoms with van der Waals surface area (Å²) >= 11 is 0. The Morgan fingerprint density at radius 2 is 1.86 bits per heavy atom. The summed E-state index contributed by atoms with van der Waals surface area (Å²) in [6.07, 6.45) is 12.1. The molecule has 0 rings (SSSR count). The standard InChI is InChI=1S/C13H17N/c1-5-8-12(9-6-2)11-13(14-4)10-7-3/h5-10H,1,3-4,11H2,2H3/b9-6-,12-8+,13-10-. The minimum atomic E-state index is 0.756. The summed E-state index contributed by atoms with van der Waals surface area (Å²) in [5.74, 6) is 0. The molecule has 0 aliphatic rings. The van der Waals surface area contributed by atoms with Gasteiger partial charge in [-0.2, -0.15) is 0 Å². The second kappa shape index (κ2) is 7.99. The van der Waals surface area contributed by atoms with E-state index in [4.69, 9.17) is 0 Å². The fourth-order valence-corrected chi connectivity index (χ4v) is 1.05. The molecule has 74 valence electrons. The van der Waals surface area contributed by atoms with Crippen LogP contribution in [-0.4, -0.2) is 6.72 Å². The number of rotatable bonds is 6. The quantitative estimate of drug-likeness (QED) is 0.442. The highest BCUT2D eigenvalue weighted by Crippen LogP contribution is 2.13. The van der Waals surface area contributed by atoms with Gasteiger partial charge in [0.15, 0.2) is 0 Å². The van der Waals surface area contributed by atoms with E-state index in [1.165, 1.54) is 0 Å². The minimum Gasteiger partial charge on any atom is -0.269 e. The van der Waals surface area contributed by atoms with Crippen LogP contribution in [0.15, 0.2) is 65.9 Å². The van der Waals surface area contributed by atoms with Crippen LogP contribution in [0.5, 0.6) is 0 Å². The molecule has 1 heteroatoms. The second-order valence-electron chi connectivity index (χ2n) is 2.71. The van der Waals surface area contributed by atoms with E-state index in [-0.39, 0.29) is 0 Å². The molecule has 0 aromatic heterocycles. The summed E-state index contributed by atoms with van der Waals surface area (Å²) in [7, 11) is 0. The van der Waals surface area contributed by atoms with E-state index in [2.05, 4.69) is 24.9 Å². The van der Waals surface area contributed by atoms with Crippen LogP contribution in [0, 0.1) is 0 Å². The first-order valence-electron chi connectivity index (χ1n) is 4.51. The van der Waals surface area contributed by atoms with Crippen molar-refractivity contribution in [3.63, 3.8) is 0 Å². The van der Waals surface area contributed by atoms with E-state index >= 15 is 0 Å². The second-order valence-corrected chi connectivity index (χ2v) is 2.71. The molecule has 0 radical (unpaired) electrons. The lowest BCUT2D eigenvalue weighted by atomic mass is 10.1. The zero-order valence-corrected chi connectivity index (χ0v) is 8.74. The number of allylic oxidation sites excluding steroid dienone is 7. The number of hydrogen-bond acceptors (Lipinski definition) is 1. The van der Waals surface area contributed by atoms with Gasteiger partial charge in [-0.05, 0) is 25.3 Å². The average Bonchev–Trinajstić information content (AvgIpc) is 2.18. The third-order valence-electron chi connectivity index (χ3n) is 1.61. The molecule has 1 nitrogen and oxygen atoms in total. The third kappa shape index (κ3) is 5.09. The first-order chi connectivity index (χ1) is 6.78. The van der Waals surface area contributed by atoms with Gasteiger partial charge in [-0.15, -0.1) is 0 Å². The Kier molecular flexibility index (Phi) is 7.06. The van der Waals surface area contributed by atoms with Gasteiger partial charge in [0.05, 0.1) is 0 Å². The largest absolute Gasteiger partial charge is 0.269 e. The lowest BCUT2D eigenvalue weighted by molar-refractivity contribution is 1.12. The van der Waals surface area contributed by atoms with Crippen molar-refractivity contribution >= 4 is 6.72 Å². The van der Waals surface area contributed by atoms with Gasteiger partial charge in [-0.3, -0.25) is 4.99 Å². The van der Waals surface area contributed by atoms with Gasteiger partial charge in [0.2, 0.25) is 0 Å². The van der Waals surface area contributed by atoms with Crippen molar-refractivity contribution < 1.29 is 0 Å². The number of nitrogens with zero attached hydrogens (tertiary/aromatic N) is 1. The van der Waals surface area contributed by atoms with E-state index in [1.54, 1.807) is 12.2 Å². The molecule has 0 spiro atoms. The predicted octanol–water partition coefficient (Wildman–Crippen LogP) is 3.84. The van der Waals surface area contributed by atoms with Crippen molar-refractivity contribution in [1.82, 2.24) is 0 Å². The molecule has 0 aliphatic carbocycles. The SMILES string of the molecule is C=C/C=C(\C=C/C)C/C(=C/C=C)N=C. The molecule has 0 aliphatic heterocycles. The van der Waals surface area contributed by atoms with Crippen LogP contribution in [0.25, 0.3) is 0 Å². The molecular weight excluding hydrogens is 170 g/mol. The minimum absolute atomic E-state index is 0.756. The zero-order valence-electron chi connectivity index (χ0n) is 8.74. The molecule has 0 fully saturated rings. The Labute approximate surface area is 86.6 Å².